The summed E-state index contributed by atoms with van der Waals surface area (Å²) in [5, 5.41) is 11.6. The predicted molar refractivity (Wildman–Crippen MR) is 67.2 cm³/mol. The Morgan fingerprint density at radius 3 is 2.39 bits per heavy atom. The van der Waals surface area contributed by atoms with Gasteiger partial charge in [-0.05, 0) is 33.6 Å². The van der Waals surface area contributed by atoms with Crippen molar-refractivity contribution in [2.24, 2.45) is 5.92 Å². The van der Waals surface area contributed by atoms with Gasteiger partial charge in [0.2, 0.25) is 5.91 Å². The molecule has 1 atom stereocenters. The van der Waals surface area contributed by atoms with Crippen molar-refractivity contribution in [3.8, 4) is 0 Å². The van der Waals surface area contributed by atoms with Crippen LogP contribution in [0.25, 0.3) is 0 Å². The summed E-state index contributed by atoms with van der Waals surface area (Å²) in [5.74, 6) is -1.13. The van der Waals surface area contributed by atoms with E-state index in [1.165, 1.54) is 0 Å². The number of amides is 1. The predicted octanol–water partition coefficient (Wildman–Crippen LogP) is 1.56. The number of ether oxygens (including phenoxy) is 1. The van der Waals surface area contributed by atoms with E-state index in [1.54, 1.807) is 0 Å². The molecular formula is C13H23NO4. The van der Waals surface area contributed by atoms with Crippen LogP contribution in [0.1, 0.15) is 46.5 Å². The first-order valence-electron chi connectivity index (χ1n) is 6.47. The average molecular weight is 257 g/mol. The molecule has 0 saturated heterocycles. The van der Waals surface area contributed by atoms with E-state index in [2.05, 4.69) is 5.32 Å². The van der Waals surface area contributed by atoms with Crippen molar-refractivity contribution in [3.05, 3.63) is 0 Å². The summed E-state index contributed by atoms with van der Waals surface area (Å²) < 4.78 is 5.48. The van der Waals surface area contributed by atoms with Gasteiger partial charge in [0.15, 0.2) is 0 Å². The quantitative estimate of drug-likeness (QED) is 0.757. The Morgan fingerprint density at radius 2 is 2.00 bits per heavy atom. The number of carbonyl (C=O) groups is 2. The van der Waals surface area contributed by atoms with Crippen LogP contribution in [-0.2, 0) is 14.3 Å². The van der Waals surface area contributed by atoms with Gasteiger partial charge in [-0.2, -0.15) is 0 Å². The van der Waals surface area contributed by atoms with Crippen LogP contribution < -0.4 is 5.32 Å². The van der Waals surface area contributed by atoms with Crippen molar-refractivity contribution in [3.63, 3.8) is 0 Å². The fraction of sp³-hybridized carbons (Fsp3) is 0.846. The van der Waals surface area contributed by atoms with E-state index in [0.29, 0.717) is 13.0 Å². The maximum absolute atomic E-state index is 11.7. The molecule has 104 valence electrons. The first-order valence-corrected chi connectivity index (χ1v) is 6.47. The third-order valence-corrected chi connectivity index (χ3v) is 3.03. The van der Waals surface area contributed by atoms with E-state index < -0.39 is 12.0 Å². The van der Waals surface area contributed by atoms with Crippen LogP contribution >= 0.6 is 0 Å². The molecule has 18 heavy (non-hydrogen) atoms. The minimum absolute atomic E-state index is 0.00962. The van der Waals surface area contributed by atoms with Crippen molar-refractivity contribution >= 4 is 11.9 Å². The molecule has 0 bridgehead atoms. The van der Waals surface area contributed by atoms with Gasteiger partial charge in [0.25, 0.3) is 0 Å². The third kappa shape index (κ3) is 5.04. The Morgan fingerprint density at radius 1 is 1.39 bits per heavy atom. The molecule has 0 aromatic heterocycles. The molecular weight excluding hydrogens is 234 g/mol. The number of carbonyl (C=O) groups excluding carboxylic acids is 1. The van der Waals surface area contributed by atoms with Crippen LogP contribution in [0.15, 0.2) is 0 Å². The maximum Gasteiger partial charge on any atom is 0.326 e. The molecule has 2 N–H and O–H groups in total. The lowest BCUT2D eigenvalue weighted by molar-refractivity contribution is -0.144. The van der Waals surface area contributed by atoms with Crippen molar-refractivity contribution < 1.29 is 19.4 Å². The van der Waals surface area contributed by atoms with Gasteiger partial charge in [0, 0.05) is 18.9 Å². The molecule has 0 radical (unpaired) electrons. The second kappa shape index (κ2) is 6.18. The Kier molecular flexibility index (Phi) is 5.14. The summed E-state index contributed by atoms with van der Waals surface area (Å²) in [5.41, 5.74) is -0.291. The lowest BCUT2D eigenvalue weighted by Crippen LogP contribution is -2.45. The summed E-state index contributed by atoms with van der Waals surface area (Å²) in [4.78, 5) is 22.7. The molecule has 1 aliphatic rings. The number of rotatable bonds is 6. The molecule has 0 aromatic rings. The fourth-order valence-corrected chi connectivity index (χ4v) is 1.70. The molecule has 0 aliphatic heterocycles. The van der Waals surface area contributed by atoms with Crippen LogP contribution in [0.5, 0.6) is 0 Å². The van der Waals surface area contributed by atoms with E-state index in [9.17, 15) is 9.59 Å². The van der Waals surface area contributed by atoms with Gasteiger partial charge in [-0.1, -0.05) is 6.42 Å². The third-order valence-electron chi connectivity index (χ3n) is 3.03. The highest BCUT2D eigenvalue weighted by Crippen LogP contribution is 2.26. The standard InChI is InChI=1S/C13H23NO4/c1-13(2,3)18-8-7-10(12(16)17)14-11(15)9-5-4-6-9/h9-10H,4-8H2,1-3H3,(H,14,15)(H,16,17). The molecule has 1 amide bonds. The highest BCUT2D eigenvalue weighted by atomic mass is 16.5. The van der Waals surface area contributed by atoms with Gasteiger partial charge in [0.1, 0.15) is 6.04 Å². The van der Waals surface area contributed by atoms with Crippen LogP contribution in [-0.4, -0.2) is 35.2 Å². The Balaban J connectivity index is 2.35. The number of aliphatic carboxylic acids is 1. The van der Waals surface area contributed by atoms with Gasteiger partial charge in [-0.3, -0.25) is 4.79 Å². The highest BCUT2D eigenvalue weighted by Gasteiger charge is 2.29. The van der Waals surface area contributed by atoms with E-state index >= 15 is 0 Å². The van der Waals surface area contributed by atoms with Gasteiger partial charge < -0.3 is 15.2 Å². The number of carboxylic acids is 1. The van der Waals surface area contributed by atoms with Crippen LogP contribution in [0.3, 0.4) is 0 Å². The molecule has 0 aromatic carbocycles. The Bertz CT molecular complexity index is 305. The smallest absolute Gasteiger partial charge is 0.326 e. The van der Waals surface area contributed by atoms with Crippen molar-refractivity contribution in [2.45, 2.75) is 58.1 Å². The number of carboxylic acid groups (broad SMARTS) is 1. The molecule has 1 unspecified atom stereocenters. The molecule has 1 saturated carbocycles. The Labute approximate surface area is 108 Å². The lowest BCUT2D eigenvalue weighted by atomic mass is 9.84. The number of hydrogen-bond acceptors (Lipinski definition) is 3. The molecule has 5 heteroatoms. The second-order valence-corrected chi connectivity index (χ2v) is 5.78. The first-order chi connectivity index (χ1) is 8.29. The zero-order valence-corrected chi connectivity index (χ0v) is 11.4. The van der Waals surface area contributed by atoms with Gasteiger partial charge in [-0.15, -0.1) is 0 Å². The molecule has 1 aliphatic carbocycles. The van der Waals surface area contributed by atoms with Gasteiger partial charge >= 0.3 is 5.97 Å². The first kappa shape index (κ1) is 15.0. The lowest BCUT2D eigenvalue weighted by Gasteiger charge is -2.26. The van der Waals surface area contributed by atoms with E-state index in [1.807, 2.05) is 20.8 Å². The van der Waals surface area contributed by atoms with Gasteiger partial charge in [0.05, 0.1) is 5.60 Å². The zero-order chi connectivity index (χ0) is 13.8. The molecule has 5 nitrogen and oxygen atoms in total. The molecule has 1 fully saturated rings. The van der Waals surface area contributed by atoms with E-state index in [4.69, 9.17) is 9.84 Å². The monoisotopic (exact) mass is 257 g/mol. The zero-order valence-electron chi connectivity index (χ0n) is 11.4. The summed E-state index contributed by atoms with van der Waals surface area (Å²) in [7, 11) is 0. The van der Waals surface area contributed by atoms with Crippen molar-refractivity contribution in [1.82, 2.24) is 5.32 Å². The van der Waals surface area contributed by atoms with Crippen LogP contribution in [0, 0.1) is 5.92 Å². The molecule has 1 rings (SSSR count). The summed E-state index contributed by atoms with van der Waals surface area (Å²) >= 11 is 0. The van der Waals surface area contributed by atoms with Crippen molar-refractivity contribution in [2.75, 3.05) is 6.61 Å². The average Bonchev–Trinajstić information content (AvgIpc) is 2.10. The molecule has 0 heterocycles. The van der Waals surface area contributed by atoms with Crippen LogP contribution in [0.2, 0.25) is 0 Å². The van der Waals surface area contributed by atoms with Crippen molar-refractivity contribution in [1.29, 1.82) is 0 Å². The largest absolute Gasteiger partial charge is 0.480 e. The maximum atomic E-state index is 11.7. The van der Waals surface area contributed by atoms with Crippen LogP contribution in [0.4, 0.5) is 0 Å². The van der Waals surface area contributed by atoms with E-state index in [-0.39, 0.29) is 17.4 Å². The summed E-state index contributed by atoms with van der Waals surface area (Å²) in [6.45, 7) is 6.06. The summed E-state index contributed by atoms with van der Waals surface area (Å²) in [6.07, 6.45) is 3.10. The fourth-order valence-electron chi connectivity index (χ4n) is 1.70. The Hall–Kier alpha value is -1.10. The van der Waals surface area contributed by atoms with E-state index in [0.717, 1.165) is 19.3 Å². The summed E-state index contributed by atoms with van der Waals surface area (Å²) in [6, 6.07) is -0.847. The minimum atomic E-state index is -1.000. The molecule has 0 spiro atoms. The normalized spacial score (nSPS) is 17.9. The number of hydrogen-bond donors (Lipinski definition) is 2. The van der Waals surface area contributed by atoms with Gasteiger partial charge in [-0.25, -0.2) is 4.79 Å². The topological polar surface area (TPSA) is 75.6 Å². The SMILES string of the molecule is CC(C)(C)OCCC(NC(=O)C1CCC1)C(=O)O. The number of nitrogens with one attached hydrogen (secondary N) is 1. The second-order valence-electron chi connectivity index (χ2n) is 5.78. The highest BCUT2D eigenvalue weighted by molar-refractivity contribution is 5.85. The minimum Gasteiger partial charge on any atom is -0.480 e.